The zero-order valence-electron chi connectivity index (χ0n) is 42.3. The van der Waals surface area contributed by atoms with Gasteiger partial charge in [-0.2, -0.15) is 0 Å². The summed E-state index contributed by atoms with van der Waals surface area (Å²) in [5.41, 5.74) is 0. The van der Waals surface area contributed by atoms with Gasteiger partial charge in [0.2, 0.25) is 0 Å². The fraction of sp³-hybridized carbons (Fsp3) is 0.946. The van der Waals surface area contributed by atoms with Crippen molar-refractivity contribution < 1.29 is 28.6 Å². The molecular weight excluding hydrogens is 769 g/mol. The molecule has 0 saturated heterocycles. The molecule has 0 saturated carbocycles. The second kappa shape index (κ2) is 50.4. The summed E-state index contributed by atoms with van der Waals surface area (Å²) in [6, 6.07) is 0. The van der Waals surface area contributed by atoms with E-state index in [9.17, 15) is 14.4 Å². The Kier molecular flexibility index (Phi) is 49.1. The van der Waals surface area contributed by atoms with E-state index in [2.05, 4.69) is 27.7 Å². The van der Waals surface area contributed by atoms with Crippen LogP contribution in [0.25, 0.3) is 0 Å². The van der Waals surface area contributed by atoms with Crippen LogP contribution in [0.15, 0.2) is 0 Å². The first-order valence-corrected chi connectivity index (χ1v) is 27.9. The van der Waals surface area contributed by atoms with Crippen LogP contribution >= 0.6 is 0 Å². The van der Waals surface area contributed by atoms with Crippen LogP contribution in [0, 0.1) is 5.92 Å². The van der Waals surface area contributed by atoms with Crippen LogP contribution in [0.2, 0.25) is 0 Å². The molecule has 0 aromatic carbocycles. The number of hydrogen-bond acceptors (Lipinski definition) is 6. The first-order valence-electron chi connectivity index (χ1n) is 27.9. The summed E-state index contributed by atoms with van der Waals surface area (Å²) >= 11 is 0. The molecule has 0 spiro atoms. The third kappa shape index (κ3) is 47.9. The van der Waals surface area contributed by atoms with Crippen LogP contribution in [-0.4, -0.2) is 37.2 Å². The topological polar surface area (TPSA) is 78.9 Å². The van der Waals surface area contributed by atoms with E-state index < -0.39 is 6.10 Å². The largest absolute Gasteiger partial charge is 0.462 e. The van der Waals surface area contributed by atoms with Crippen molar-refractivity contribution in [1.29, 1.82) is 0 Å². The summed E-state index contributed by atoms with van der Waals surface area (Å²) in [5.74, 6) is 0.00802. The van der Waals surface area contributed by atoms with E-state index in [4.69, 9.17) is 14.2 Å². The highest BCUT2D eigenvalue weighted by atomic mass is 16.6. The Morgan fingerprint density at radius 1 is 0.323 bits per heavy atom. The van der Waals surface area contributed by atoms with Crippen molar-refractivity contribution >= 4 is 17.9 Å². The van der Waals surface area contributed by atoms with Crippen LogP contribution in [0.3, 0.4) is 0 Å². The summed E-state index contributed by atoms with van der Waals surface area (Å²) in [6.07, 6.45) is 53.7. The van der Waals surface area contributed by atoms with Gasteiger partial charge in [0.05, 0.1) is 0 Å². The van der Waals surface area contributed by atoms with Gasteiger partial charge in [-0.3, -0.25) is 14.4 Å². The molecule has 6 heteroatoms. The second-order valence-corrected chi connectivity index (χ2v) is 19.5. The van der Waals surface area contributed by atoms with Gasteiger partial charge in [0.1, 0.15) is 13.2 Å². The summed E-state index contributed by atoms with van der Waals surface area (Å²) in [4.78, 5) is 38.1. The zero-order chi connectivity index (χ0) is 45.2. The minimum atomic E-state index is -0.762. The predicted octanol–water partition coefficient (Wildman–Crippen LogP) is 18.2. The van der Waals surface area contributed by atoms with Gasteiger partial charge in [-0.05, 0) is 25.2 Å². The van der Waals surface area contributed by atoms with E-state index in [-0.39, 0.29) is 31.1 Å². The molecule has 0 heterocycles. The summed E-state index contributed by atoms with van der Waals surface area (Å²) in [6.45, 7) is 9.05. The van der Waals surface area contributed by atoms with Crippen LogP contribution < -0.4 is 0 Å². The molecule has 2 atom stereocenters. The molecule has 0 rings (SSSR count). The van der Waals surface area contributed by atoms with Crippen molar-refractivity contribution in [3.05, 3.63) is 0 Å². The number of hydrogen-bond donors (Lipinski definition) is 0. The van der Waals surface area contributed by atoms with Gasteiger partial charge >= 0.3 is 17.9 Å². The Morgan fingerprint density at radius 2 is 0.565 bits per heavy atom. The van der Waals surface area contributed by atoms with E-state index in [0.717, 1.165) is 63.7 Å². The highest BCUT2D eigenvalue weighted by molar-refractivity contribution is 5.71. The molecule has 0 aromatic rings. The number of carbonyl (C=O) groups excluding carboxylic acids is 3. The van der Waals surface area contributed by atoms with Crippen molar-refractivity contribution in [2.24, 2.45) is 5.92 Å². The number of carbonyl (C=O) groups is 3. The van der Waals surface area contributed by atoms with Crippen LogP contribution in [-0.2, 0) is 28.6 Å². The molecule has 0 aromatic heterocycles. The Morgan fingerprint density at radius 3 is 0.839 bits per heavy atom. The minimum absolute atomic E-state index is 0.0625. The Labute approximate surface area is 387 Å². The van der Waals surface area contributed by atoms with Crippen molar-refractivity contribution in [3.63, 3.8) is 0 Å². The summed E-state index contributed by atoms with van der Waals surface area (Å²) in [5, 5.41) is 0. The molecule has 1 unspecified atom stereocenters. The molecule has 62 heavy (non-hydrogen) atoms. The average Bonchev–Trinajstić information content (AvgIpc) is 3.27. The average molecular weight is 877 g/mol. The Hall–Kier alpha value is -1.59. The predicted molar refractivity (Wildman–Crippen MR) is 266 cm³/mol. The molecule has 0 N–H and O–H groups in total. The fourth-order valence-corrected chi connectivity index (χ4v) is 8.54. The van der Waals surface area contributed by atoms with Crippen molar-refractivity contribution in [2.45, 2.75) is 323 Å². The summed E-state index contributed by atoms with van der Waals surface area (Å²) in [7, 11) is 0. The normalized spacial score (nSPS) is 12.4. The Balaban J connectivity index is 4.30. The first-order chi connectivity index (χ1) is 30.4. The van der Waals surface area contributed by atoms with Crippen LogP contribution in [0.5, 0.6) is 0 Å². The first kappa shape index (κ1) is 60.4. The SMILES string of the molecule is CCCCCCCCCCCCCCCCCCC(=O)OC[C@@H](COC(=O)CCCCCCCCCCC(C)CC)OC(=O)CCCCCCCCCCCCCCCCCC. The van der Waals surface area contributed by atoms with E-state index in [0.29, 0.717) is 19.3 Å². The zero-order valence-corrected chi connectivity index (χ0v) is 42.3. The molecule has 0 amide bonds. The molecule has 368 valence electrons. The van der Waals surface area contributed by atoms with Crippen molar-refractivity contribution in [3.8, 4) is 0 Å². The van der Waals surface area contributed by atoms with Gasteiger partial charge in [-0.25, -0.2) is 0 Å². The van der Waals surface area contributed by atoms with E-state index in [1.807, 2.05) is 0 Å². The standard InChI is InChI=1S/C56H108O6/c1-5-8-10-12-14-16-18-20-22-24-26-28-30-35-39-43-47-54(57)60-50-53(51-61-55(58)48-44-40-36-33-32-34-38-42-46-52(4)7-3)62-56(59)49-45-41-37-31-29-27-25-23-21-19-17-15-13-11-9-6-2/h52-53H,5-51H2,1-4H3/t52?,53-/m0/s1. The third-order valence-corrected chi connectivity index (χ3v) is 13.2. The number of unbranched alkanes of at least 4 members (excludes halogenated alkanes) is 37. The lowest BCUT2D eigenvalue weighted by atomic mass is 9.99. The highest BCUT2D eigenvalue weighted by Crippen LogP contribution is 2.18. The lowest BCUT2D eigenvalue weighted by molar-refractivity contribution is -0.167. The molecule has 0 fully saturated rings. The number of rotatable bonds is 51. The number of ether oxygens (including phenoxy) is 3. The fourth-order valence-electron chi connectivity index (χ4n) is 8.54. The maximum atomic E-state index is 12.8. The van der Waals surface area contributed by atoms with Crippen LogP contribution in [0.4, 0.5) is 0 Å². The van der Waals surface area contributed by atoms with Gasteiger partial charge in [0.25, 0.3) is 0 Å². The lowest BCUT2D eigenvalue weighted by Gasteiger charge is -2.18. The Bertz CT molecular complexity index is 935. The second-order valence-electron chi connectivity index (χ2n) is 19.5. The van der Waals surface area contributed by atoms with Gasteiger partial charge < -0.3 is 14.2 Å². The maximum absolute atomic E-state index is 12.8. The van der Waals surface area contributed by atoms with E-state index in [1.165, 1.54) is 212 Å². The molecule has 0 aliphatic carbocycles. The smallest absolute Gasteiger partial charge is 0.306 e. The van der Waals surface area contributed by atoms with Crippen molar-refractivity contribution in [2.75, 3.05) is 13.2 Å². The van der Waals surface area contributed by atoms with E-state index >= 15 is 0 Å². The van der Waals surface area contributed by atoms with Gasteiger partial charge in [-0.1, -0.05) is 278 Å². The quantitative estimate of drug-likeness (QED) is 0.0344. The monoisotopic (exact) mass is 877 g/mol. The van der Waals surface area contributed by atoms with E-state index in [1.54, 1.807) is 0 Å². The van der Waals surface area contributed by atoms with Gasteiger partial charge in [-0.15, -0.1) is 0 Å². The lowest BCUT2D eigenvalue weighted by Crippen LogP contribution is -2.30. The van der Waals surface area contributed by atoms with Crippen LogP contribution in [0.1, 0.15) is 317 Å². The van der Waals surface area contributed by atoms with Gasteiger partial charge in [0, 0.05) is 19.3 Å². The number of esters is 3. The van der Waals surface area contributed by atoms with Crippen molar-refractivity contribution in [1.82, 2.24) is 0 Å². The van der Waals surface area contributed by atoms with Gasteiger partial charge in [0.15, 0.2) is 6.10 Å². The molecule has 6 nitrogen and oxygen atoms in total. The molecular formula is C56H108O6. The molecule has 0 bridgehead atoms. The maximum Gasteiger partial charge on any atom is 0.306 e. The minimum Gasteiger partial charge on any atom is -0.462 e. The molecule has 0 aliphatic heterocycles. The highest BCUT2D eigenvalue weighted by Gasteiger charge is 2.19. The molecule has 0 radical (unpaired) electrons. The molecule has 0 aliphatic rings. The summed E-state index contributed by atoms with van der Waals surface area (Å²) < 4.78 is 16.9. The third-order valence-electron chi connectivity index (χ3n) is 13.2.